The maximum atomic E-state index is 11.9. The van der Waals surface area contributed by atoms with Gasteiger partial charge in [0.2, 0.25) is 5.91 Å². The first-order valence-corrected chi connectivity index (χ1v) is 5.82. The summed E-state index contributed by atoms with van der Waals surface area (Å²) in [5.74, 6) is -0.698. The van der Waals surface area contributed by atoms with Gasteiger partial charge >= 0.3 is 5.97 Å². The monoisotopic (exact) mass is 265 g/mol. The van der Waals surface area contributed by atoms with E-state index in [0.29, 0.717) is 5.69 Å². The zero-order valence-electron chi connectivity index (χ0n) is 10.8. The summed E-state index contributed by atoms with van der Waals surface area (Å²) in [6, 6.07) is 4.62. The van der Waals surface area contributed by atoms with E-state index in [9.17, 15) is 14.7 Å². The third-order valence-electron chi connectivity index (χ3n) is 3.13. The fraction of sp³-hybridized carbons (Fsp3) is 0.385. The Hall–Kier alpha value is -2.24. The van der Waals surface area contributed by atoms with Crippen molar-refractivity contribution < 1.29 is 24.2 Å². The molecule has 0 saturated carbocycles. The third kappa shape index (κ3) is 2.47. The molecule has 102 valence electrons. The number of anilines is 1. The fourth-order valence-electron chi connectivity index (χ4n) is 2.12. The first-order chi connectivity index (χ1) is 9.06. The van der Waals surface area contributed by atoms with E-state index in [1.54, 1.807) is 12.1 Å². The van der Waals surface area contributed by atoms with E-state index in [1.165, 1.54) is 25.2 Å². The Morgan fingerprint density at radius 1 is 1.42 bits per heavy atom. The zero-order valence-corrected chi connectivity index (χ0v) is 10.8. The van der Waals surface area contributed by atoms with Gasteiger partial charge in [-0.15, -0.1) is 0 Å². The molecule has 1 saturated heterocycles. The number of methoxy groups -OCH3 is 2. The summed E-state index contributed by atoms with van der Waals surface area (Å²) in [6.45, 7) is 0.277. The van der Waals surface area contributed by atoms with E-state index >= 15 is 0 Å². The van der Waals surface area contributed by atoms with Gasteiger partial charge in [0, 0.05) is 24.7 Å². The van der Waals surface area contributed by atoms with Crippen molar-refractivity contribution in [3.8, 4) is 11.5 Å². The predicted molar refractivity (Wildman–Crippen MR) is 67.1 cm³/mol. The normalized spacial score (nSPS) is 18.5. The molecule has 1 aromatic rings. The van der Waals surface area contributed by atoms with Crippen molar-refractivity contribution in [2.75, 3.05) is 25.7 Å². The summed E-state index contributed by atoms with van der Waals surface area (Å²) in [5, 5.41) is 9.52. The minimum Gasteiger partial charge on any atom is -0.504 e. The third-order valence-corrected chi connectivity index (χ3v) is 3.13. The maximum Gasteiger partial charge on any atom is 0.311 e. The second-order valence-corrected chi connectivity index (χ2v) is 4.28. The number of rotatable bonds is 3. The lowest BCUT2D eigenvalue weighted by molar-refractivity contribution is -0.145. The van der Waals surface area contributed by atoms with Crippen molar-refractivity contribution in [3.05, 3.63) is 18.2 Å². The molecule has 1 heterocycles. The van der Waals surface area contributed by atoms with Gasteiger partial charge in [-0.3, -0.25) is 9.59 Å². The van der Waals surface area contributed by atoms with Crippen LogP contribution in [-0.4, -0.2) is 37.7 Å². The number of aromatic hydroxyl groups is 1. The number of phenols is 1. The van der Waals surface area contributed by atoms with Crippen molar-refractivity contribution in [2.45, 2.75) is 6.42 Å². The smallest absolute Gasteiger partial charge is 0.311 e. The number of phenolic OH excluding ortho intramolecular Hbond substituents is 1. The Balaban J connectivity index is 2.23. The van der Waals surface area contributed by atoms with Crippen molar-refractivity contribution in [1.29, 1.82) is 0 Å². The van der Waals surface area contributed by atoms with Gasteiger partial charge in [0.15, 0.2) is 11.5 Å². The molecular weight excluding hydrogens is 250 g/mol. The van der Waals surface area contributed by atoms with Gasteiger partial charge in [0.1, 0.15) is 0 Å². The molecule has 1 atom stereocenters. The molecule has 6 heteroatoms. The van der Waals surface area contributed by atoms with Crippen LogP contribution in [0.4, 0.5) is 5.69 Å². The highest BCUT2D eigenvalue weighted by molar-refractivity contribution is 5.99. The Morgan fingerprint density at radius 2 is 2.16 bits per heavy atom. The molecule has 1 aliphatic heterocycles. The molecule has 1 aliphatic rings. The van der Waals surface area contributed by atoms with Crippen LogP contribution in [0.5, 0.6) is 11.5 Å². The Bertz CT molecular complexity index is 514. The second-order valence-electron chi connectivity index (χ2n) is 4.28. The maximum absolute atomic E-state index is 11.9. The molecule has 0 bridgehead atoms. The van der Waals surface area contributed by atoms with E-state index in [1.807, 2.05) is 0 Å². The number of carbonyl (C=O) groups is 2. The number of amides is 1. The molecule has 0 aromatic heterocycles. The first kappa shape index (κ1) is 13.2. The van der Waals surface area contributed by atoms with Crippen LogP contribution in [0, 0.1) is 5.92 Å². The van der Waals surface area contributed by atoms with Crippen LogP contribution in [0.1, 0.15) is 6.42 Å². The molecule has 0 aliphatic carbocycles. The SMILES string of the molecule is COC(=O)C1CC(=O)N(c2ccc(O)c(OC)c2)C1. The lowest BCUT2D eigenvalue weighted by Crippen LogP contribution is -2.26. The molecule has 2 rings (SSSR count). The summed E-state index contributed by atoms with van der Waals surface area (Å²) in [5.41, 5.74) is 0.589. The Labute approximate surface area is 110 Å². The summed E-state index contributed by atoms with van der Waals surface area (Å²) >= 11 is 0. The largest absolute Gasteiger partial charge is 0.504 e. The predicted octanol–water partition coefficient (Wildman–Crippen LogP) is 0.927. The molecular formula is C13H15NO5. The van der Waals surface area contributed by atoms with E-state index in [4.69, 9.17) is 4.74 Å². The van der Waals surface area contributed by atoms with Crippen molar-refractivity contribution in [3.63, 3.8) is 0 Å². The lowest BCUT2D eigenvalue weighted by Gasteiger charge is -2.17. The van der Waals surface area contributed by atoms with Crippen molar-refractivity contribution in [2.24, 2.45) is 5.92 Å². The van der Waals surface area contributed by atoms with Gasteiger partial charge in [-0.1, -0.05) is 0 Å². The topological polar surface area (TPSA) is 76.1 Å². The standard InChI is InChI=1S/C13H15NO5/c1-18-11-6-9(3-4-10(11)15)14-7-8(5-12(14)16)13(17)19-2/h3-4,6,8,15H,5,7H2,1-2H3. The molecule has 6 nitrogen and oxygen atoms in total. The highest BCUT2D eigenvalue weighted by atomic mass is 16.5. The first-order valence-electron chi connectivity index (χ1n) is 5.82. The average molecular weight is 265 g/mol. The lowest BCUT2D eigenvalue weighted by atomic mass is 10.1. The number of ether oxygens (including phenoxy) is 2. The highest BCUT2D eigenvalue weighted by Crippen LogP contribution is 2.33. The van der Waals surface area contributed by atoms with E-state index < -0.39 is 5.92 Å². The number of hydrogen-bond donors (Lipinski definition) is 1. The molecule has 1 N–H and O–H groups in total. The second kappa shape index (κ2) is 5.17. The van der Waals surface area contributed by atoms with Crippen LogP contribution in [0.2, 0.25) is 0 Å². The number of hydrogen-bond acceptors (Lipinski definition) is 5. The summed E-state index contributed by atoms with van der Waals surface area (Å²) in [7, 11) is 2.74. The van der Waals surface area contributed by atoms with Gasteiger partial charge in [-0.2, -0.15) is 0 Å². The van der Waals surface area contributed by atoms with Crippen LogP contribution in [0.25, 0.3) is 0 Å². The van der Waals surface area contributed by atoms with Crippen LogP contribution < -0.4 is 9.64 Å². The van der Waals surface area contributed by atoms with Crippen LogP contribution in [0.15, 0.2) is 18.2 Å². The molecule has 1 aromatic carbocycles. The molecule has 1 amide bonds. The highest BCUT2D eigenvalue weighted by Gasteiger charge is 2.36. The number of esters is 1. The number of benzene rings is 1. The van der Waals surface area contributed by atoms with Gasteiger partial charge < -0.3 is 19.5 Å². The number of carbonyl (C=O) groups excluding carboxylic acids is 2. The van der Waals surface area contributed by atoms with E-state index in [-0.39, 0.29) is 36.3 Å². The Morgan fingerprint density at radius 3 is 2.79 bits per heavy atom. The summed E-state index contributed by atoms with van der Waals surface area (Å²) < 4.78 is 9.64. The quantitative estimate of drug-likeness (QED) is 0.823. The average Bonchev–Trinajstić information content (AvgIpc) is 2.80. The Kier molecular flexibility index (Phi) is 3.59. The summed E-state index contributed by atoms with van der Waals surface area (Å²) in [4.78, 5) is 24.8. The van der Waals surface area contributed by atoms with Crippen LogP contribution >= 0.6 is 0 Å². The number of nitrogens with zero attached hydrogens (tertiary/aromatic N) is 1. The van der Waals surface area contributed by atoms with Crippen LogP contribution in [0.3, 0.4) is 0 Å². The molecule has 1 unspecified atom stereocenters. The van der Waals surface area contributed by atoms with Gasteiger partial charge in [-0.25, -0.2) is 0 Å². The van der Waals surface area contributed by atoms with Gasteiger partial charge in [0.05, 0.1) is 20.1 Å². The van der Waals surface area contributed by atoms with E-state index in [0.717, 1.165) is 0 Å². The molecule has 0 spiro atoms. The molecule has 1 fully saturated rings. The van der Waals surface area contributed by atoms with Crippen molar-refractivity contribution >= 4 is 17.6 Å². The summed E-state index contributed by atoms with van der Waals surface area (Å²) in [6.07, 6.45) is 0.135. The van der Waals surface area contributed by atoms with E-state index in [2.05, 4.69) is 4.74 Å². The van der Waals surface area contributed by atoms with Gasteiger partial charge in [-0.05, 0) is 12.1 Å². The van der Waals surface area contributed by atoms with Crippen LogP contribution in [-0.2, 0) is 14.3 Å². The fourth-order valence-corrected chi connectivity index (χ4v) is 2.12. The zero-order chi connectivity index (χ0) is 14.0. The minimum absolute atomic E-state index is 0.00224. The minimum atomic E-state index is -0.447. The van der Waals surface area contributed by atoms with Gasteiger partial charge in [0.25, 0.3) is 0 Å². The molecule has 0 radical (unpaired) electrons. The van der Waals surface area contributed by atoms with Crippen molar-refractivity contribution in [1.82, 2.24) is 0 Å². The molecule has 19 heavy (non-hydrogen) atoms.